The molecule has 0 aromatic heterocycles. The van der Waals surface area contributed by atoms with Gasteiger partial charge >= 0.3 is 6.09 Å². The summed E-state index contributed by atoms with van der Waals surface area (Å²) in [4.78, 5) is 19.2. The lowest BCUT2D eigenvalue weighted by atomic mass is 10.1. The van der Waals surface area contributed by atoms with Crippen LogP contribution in [-0.4, -0.2) is 34.5 Å². The first kappa shape index (κ1) is 13.0. The molecule has 0 aliphatic carbocycles. The van der Waals surface area contributed by atoms with Crippen LogP contribution in [0, 0.1) is 0 Å². The van der Waals surface area contributed by atoms with Gasteiger partial charge in [0, 0.05) is 6.54 Å². The lowest BCUT2D eigenvalue weighted by molar-refractivity contribution is -0.192. The monoisotopic (exact) mass is 255 g/mol. The topological polar surface area (TPSA) is 54.0 Å². The Labute approximate surface area is 107 Å². The summed E-state index contributed by atoms with van der Waals surface area (Å²) in [5.74, 6) is 0. The number of likely N-dealkylation sites (tertiary alicyclic amines) is 1. The smallest absolute Gasteiger partial charge is 0.411 e. The maximum absolute atomic E-state index is 12.2. The summed E-state index contributed by atoms with van der Waals surface area (Å²) in [6, 6.07) is 0. The zero-order valence-electron chi connectivity index (χ0n) is 11.2. The summed E-state index contributed by atoms with van der Waals surface area (Å²) in [6.45, 7) is 6.31. The van der Waals surface area contributed by atoms with Crippen molar-refractivity contribution >= 4 is 6.09 Å². The Bertz CT molecular complexity index is 330. The van der Waals surface area contributed by atoms with E-state index < -0.39 is 5.60 Å². The van der Waals surface area contributed by atoms with Gasteiger partial charge in [0.05, 0.1) is 6.20 Å². The second-order valence-corrected chi connectivity index (χ2v) is 5.51. The minimum absolute atomic E-state index is 0.122. The van der Waals surface area contributed by atoms with E-state index in [1.54, 1.807) is 22.5 Å². The number of nitrogens with zero attached hydrogens (tertiary/aromatic N) is 2. The number of hydrazine groups is 1. The van der Waals surface area contributed by atoms with E-state index in [4.69, 9.17) is 9.57 Å². The predicted octanol–water partition coefficient (Wildman–Crippen LogP) is 1.96. The minimum atomic E-state index is -0.476. The van der Waals surface area contributed by atoms with Crippen LogP contribution < -0.4 is 5.43 Å². The number of hydrogen-bond acceptors (Lipinski definition) is 5. The summed E-state index contributed by atoms with van der Waals surface area (Å²) in [5.41, 5.74) is 2.48. The SMILES string of the molecule is CC(C)(C)OC(=O)N1CCCCC1N1NC=CO1. The highest BCUT2D eigenvalue weighted by Gasteiger charge is 2.35. The van der Waals surface area contributed by atoms with Crippen LogP contribution in [0.5, 0.6) is 0 Å². The van der Waals surface area contributed by atoms with Gasteiger partial charge in [0.1, 0.15) is 18.0 Å². The maximum atomic E-state index is 12.2. The molecule has 0 bridgehead atoms. The highest BCUT2D eigenvalue weighted by atomic mass is 16.7. The third-order valence-electron chi connectivity index (χ3n) is 2.81. The van der Waals surface area contributed by atoms with E-state index in [-0.39, 0.29) is 12.3 Å². The van der Waals surface area contributed by atoms with Crippen LogP contribution in [0.2, 0.25) is 0 Å². The van der Waals surface area contributed by atoms with E-state index in [0.29, 0.717) is 6.54 Å². The Kier molecular flexibility index (Phi) is 3.65. The van der Waals surface area contributed by atoms with Crippen molar-refractivity contribution < 1.29 is 14.4 Å². The van der Waals surface area contributed by atoms with E-state index in [9.17, 15) is 4.79 Å². The van der Waals surface area contributed by atoms with Crippen molar-refractivity contribution in [2.45, 2.75) is 51.8 Å². The van der Waals surface area contributed by atoms with Gasteiger partial charge in [0.25, 0.3) is 0 Å². The van der Waals surface area contributed by atoms with E-state index in [1.807, 2.05) is 20.8 Å². The van der Waals surface area contributed by atoms with E-state index in [2.05, 4.69) is 5.43 Å². The molecule has 1 N–H and O–H groups in total. The number of ether oxygens (including phenoxy) is 1. The molecule has 2 aliphatic rings. The Morgan fingerprint density at radius 2 is 2.22 bits per heavy atom. The Morgan fingerprint density at radius 3 is 2.83 bits per heavy atom. The highest BCUT2D eigenvalue weighted by molar-refractivity contribution is 5.68. The molecule has 0 aromatic rings. The molecule has 2 rings (SSSR count). The van der Waals surface area contributed by atoms with Gasteiger partial charge in [-0.2, -0.15) is 0 Å². The second kappa shape index (κ2) is 5.06. The number of piperidine rings is 1. The minimum Gasteiger partial charge on any atom is -0.444 e. The van der Waals surface area contributed by atoms with Gasteiger partial charge in [-0.3, -0.25) is 10.3 Å². The highest BCUT2D eigenvalue weighted by Crippen LogP contribution is 2.23. The molecular formula is C12H21N3O3. The van der Waals surface area contributed by atoms with Gasteiger partial charge in [-0.05, 0) is 45.2 Å². The third-order valence-corrected chi connectivity index (χ3v) is 2.81. The zero-order chi connectivity index (χ0) is 13.2. The molecule has 0 radical (unpaired) electrons. The molecule has 102 valence electrons. The molecule has 1 saturated heterocycles. The fourth-order valence-corrected chi connectivity index (χ4v) is 2.08. The first-order valence-electron chi connectivity index (χ1n) is 6.34. The molecule has 18 heavy (non-hydrogen) atoms. The summed E-state index contributed by atoms with van der Waals surface area (Å²) in [5, 5.41) is 1.59. The Hall–Kier alpha value is -1.43. The number of hydrogen-bond donors (Lipinski definition) is 1. The van der Waals surface area contributed by atoms with E-state index in [1.165, 1.54) is 0 Å². The molecule has 1 amide bonds. The molecule has 1 fully saturated rings. The molecule has 1 unspecified atom stereocenters. The average Bonchev–Trinajstić information content (AvgIpc) is 2.80. The van der Waals surface area contributed by atoms with Crippen molar-refractivity contribution in [3.05, 3.63) is 12.5 Å². The summed E-state index contributed by atoms with van der Waals surface area (Å²) in [6.07, 6.45) is 5.79. The van der Waals surface area contributed by atoms with Gasteiger partial charge in [-0.1, -0.05) is 0 Å². The van der Waals surface area contributed by atoms with Crippen molar-refractivity contribution in [1.29, 1.82) is 0 Å². The van der Waals surface area contributed by atoms with Crippen LogP contribution in [0.15, 0.2) is 12.5 Å². The van der Waals surface area contributed by atoms with Gasteiger partial charge in [0.2, 0.25) is 0 Å². The summed E-state index contributed by atoms with van der Waals surface area (Å²) in [7, 11) is 0. The molecule has 1 atom stereocenters. The Balaban J connectivity index is 2.01. The molecule has 6 nitrogen and oxygen atoms in total. The number of hydroxylamine groups is 1. The van der Waals surface area contributed by atoms with Gasteiger partial charge in [-0.15, -0.1) is 0 Å². The van der Waals surface area contributed by atoms with Crippen molar-refractivity contribution in [2.24, 2.45) is 0 Å². The zero-order valence-corrected chi connectivity index (χ0v) is 11.2. The summed E-state index contributed by atoms with van der Waals surface area (Å²) < 4.78 is 5.42. The maximum Gasteiger partial charge on any atom is 0.411 e. The van der Waals surface area contributed by atoms with E-state index >= 15 is 0 Å². The van der Waals surface area contributed by atoms with Crippen molar-refractivity contribution in [1.82, 2.24) is 15.5 Å². The van der Waals surface area contributed by atoms with Crippen molar-refractivity contribution in [3.63, 3.8) is 0 Å². The van der Waals surface area contributed by atoms with Gasteiger partial charge in [-0.25, -0.2) is 4.79 Å². The van der Waals surface area contributed by atoms with Crippen LogP contribution in [0.4, 0.5) is 4.79 Å². The molecule has 0 spiro atoms. The van der Waals surface area contributed by atoms with E-state index in [0.717, 1.165) is 19.3 Å². The van der Waals surface area contributed by atoms with Crippen LogP contribution in [0.25, 0.3) is 0 Å². The largest absolute Gasteiger partial charge is 0.444 e. The van der Waals surface area contributed by atoms with Gasteiger partial charge < -0.3 is 9.57 Å². The van der Waals surface area contributed by atoms with Crippen LogP contribution in [-0.2, 0) is 9.57 Å². The molecule has 0 saturated carbocycles. The number of carbonyl (C=O) groups excluding carboxylic acids is 1. The fraction of sp³-hybridized carbons (Fsp3) is 0.750. The number of amides is 1. The lowest BCUT2D eigenvalue weighted by Crippen LogP contribution is -2.55. The molecular weight excluding hydrogens is 234 g/mol. The first-order chi connectivity index (χ1) is 8.47. The molecule has 6 heteroatoms. The fourth-order valence-electron chi connectivity index (χ4n) is 2.08. The number of carbonyl (C=O) groups is 1. The van der Waals surface area contributed by atoms with Gasteiger partial charge in [0.15, 0.2) is 0 Å². The Morgan fingerprint density at radius 1 is 1.44 bits per heavy atom. The summed E-state index contributed by atoms with van der Waals surface area (Å²) >= 11 is 0. The number of rotatable bonds is 1. The standard InChI is InChI=1S/C12H21N3O3/c1-12(2,3)18-11(16)14-8-5-4-6-10(14)15-13-7-9-17-15/h7,9-10,13H,4-6,8H2,1-3H3. The van der Waals surface area contributed by atoms with Crippen LogP contribution in [0.3, 0.4) is 0 Å². The third kappa shape index (κ3) is 3.07. The number of nitrogens with one attached hydrogen (secondary N) is 1. The average molecular weight is 255 g/mol. The van der Waals surface area contributed by atoms with Crippen molar-refractivity contribution in [2.75, 3.05) is 6.54 Å². The lowest BCUT2D eigenvalue weighted by Gasteiger charge is -2.39. The van der Waals surface area contributed by atoms with Crippen molar-refractivity contribution in [3.8, 4) is 0 Å². The molecule has 2 heterocycles. The normalized spacial score (nSPS) is 24.6. The quantitative estimate of drug-likeness (QED) is 0.776. The van der Waals surface area contributed by atoms with Crippen LogP contribution >= 0.6 is 0 Å². The molecule has 2 aliphatic heterocycles. The first-order valence-corrected chi connectivity index (χ1v) is 6.34. The predicted molar refractivity (Wildman–Crippen MR) is 65.8 cm³/mol. The van der Waals surface area contributed by atoms with Crippen LogP contribution in [0.1, 0.15) is 40.0 Å². The second-order valence-electron chi connectivity index (χ2n) is 5.51. The molecule has 0 aromatic carbocycles.